The van der Waals surface area contributed by atoms with Crippen molar-refractivity contribution < 1.29 is 0 Å². The Morgan fingerprint density at radius 3 is 2.94 bits per heavy atom. The molecular weight excluding hydrogens is 228 g/mol. The highest BCUT2D eigenvalue weighted by molar-refractivity contribution is 7.09. The molecule has 1 aromatic rings. The summed E-state index contributed by atoms with van der Waals surface area (Å²) in [6.45, 7) is 7.79. The van der Waals surface area contributed by atoms with Crippen molar-refractivity contribution in [1.29, 1.82) is 0 Å². The lowest BCUT2D eigenvalue weighted by Crippen LogP contribution is -2.31. The Morgan fingerprint density at radius 1 is 1.53 bits per heavy atom. The lowest BCUT2D eigenvalue weighted by molar-refractivity contribution is 0.227. The largest absolute Gasteiger partial charge is 0.309 e. The summed E-state index contributed by atoms with van der Waals surface area (Å²) in [5.41, 5.74) is 3.21. The molecule has 0 saturated heterocycles. The van der Waals surface area contributed by atoms with Crippen LogP contribution >= 0.6 is 11.3 Å². The van der Waals surface area contributed by atoms with Gasteiger partial charge in [-0.15, -0.1) is 11.3 Å². The molecule has 0 spiro atoms. The van der Waals surface area contributed by atoms with Gasteiger partial charge in [-0.2, -0.15) is 0 Å². The zero-order valence-corrected chi connectivity index (χ0v) is 12.0. The predicted molar refractivity (Wildman–Crippen MR) is 74.4 cm³/mol. The summed E-state index contributed by atoms with van der Waals surface area (Å²) in [6.07, 6.45) is 5.55. The third-order valence-corrected chi connectivity index (χ3v) is 4.95. The van der Waals surface area contributed by atoms with E-state index in [1.165, 1.54) is 36.3 Å². The van der Waals surface area contributed by atoms with Gasteiger partial charge >= 0.3 is 0 Å². The molecule has 96 valence electrons. The first-order valence-electron chi connectivity index (χ1n) is 6.85. The summed E-state index contributed by atoms with van der Waals surface area (Å²) in [6, 6.07) is 0.537. The lowest BCUT2D eigenvalue weighted by atomic mass is 9.78. The maximum Gasteiger partial charge on any atom is 0.0798 e. The van der Waals surface area contributed by atoms with Gasteiger partial charge in [-0.1, -0.05) is 26.7 Å². The van der Waals surface area contributed by atoms with Crippen molar-refractivity contribution in [2.45, 2.75) is 52.5 Å². The Balaban J connectivity index is 2.14. The summed E-state index contributed by atoms with van der Waals surface area (Å²) in [5.74, 6) is 1.70. The molecule has 3 heteroatoms. The molecule has 0 bridgehead atoms. The van der Waals surface area contributed by atoms with Crippen molar-refractivity contribution in [3.05, 3.63) is 16.1 Å². The van der Waals surface area contributed by atoms with E-state index in [0.717, 1.165) is 18.4 Å². The molecule has 0 aromatic carbocycles. The Morgan fingerprint density at radius 2 is 2.35 bits per heavy atom. The first kappa shape index (κ1) is 13.0. The van der Waals surface area contributed by atoms with Crippen LogP contribution in [-0.4, -0.2) is 11.5 Å². The normalized spacial score (nSPS) is 27.0. The fourth-order valence-electron chi connectivity index (χ4n) is 3.09. The molecule has 1 fully saturated rings. The minimum atomic E-state index is 0.537. The van der Waals surface area contributed by atoms with E-state index in [9.17, 15) is 0 Å². The maximum absolute atomic E-state index is 4.41. The topological polar surface area (TPSA) is 24.9 Å². The first-order chi connectivity index (χ1) is 8.22. The molecule has 0 radical (unpaired) electrons. The number of nitrogens with zero attached hydrogens (tertiary/aromatic N) is 1. The number of rotatable bonds is 4. The number of aromatic nitrogens is 1. The van der Waals surface area contributed by atoms with Crippen LogP contribution in [0.3, 0.4) is 0 Å². The Hall–Kier alpha value is -0.410. The van der Waals surface area contributed by atoms with E-state index in [4.69, 9.17) is 0 Å². The summed E-state index contributed by atoms with van der Waals surface area (Å²) in [7, 11) is 0. The molecular formula is C14H24N2S. The van der Waals surface area contributed by atoms with E-state index in [0.29, 0.717) is 6.04 Å². The van der Waals surface area contributed by atoms with Crippen molar-refractivity contribution in [2.24, 2.45) is 11.8 Å². The molecule has 17 heavy (non-hydrogen) atoms. The van der Waals surface area contributed by atoms with Crippen LogP contribution in [0.5, 0.6) is 0 Å². The van der Waals surface area contributed by atoms with E-state index >= 15 is 0 Å². The molecule has 1 aliphatic rings. The SMILES string of the molecule is CCNC(c1scnc1C)C1CCCC(C)C1. The van der Waals surface area contributed by atoms with Crippen molar-refractivity contribution in [2.75, 3.05) is 6.54 Å². The molecule has 1 aromatic heterocycles. The van der Waals surface area contributed by atoms with Crippen LogP contribution in [0, 0.1) is 18.8 Å². The third-order valence-electron chi connectivity index (χ3n) is 3.94. The molecule has 3 unspecified atom stereocenters. The zero-order chi connectivity index (χ0) is 12.3. The van der Waals surface area contributed by atoms with E-state index in [1.807, 2.05) is 16.8 Å². The number of thiazole rings is 1. The fraction of sp³-hybridized carbons (Fsp3) is 0.786. The second-order valence-corrected chi connectivity index (χ2v) is 6.26. The van der Waals surface area contributed by atoms with Gasteiger partial charge in [0.25, 0.3) is 0 Å². The van der Waals surface area contributed by atoms with Crippen LogP contribution in [0.25, 0.3) is 0 Å². The predicted octanol–water partition coefficient (Wildman–Crippen LogP) is 3.93. The smallest absolute Gasteiger partial charge is 0.0798 e. The number of hydrogen-bond acceptors (Lipinski definition) is 3. The number of hydrogen-bond donors (Lipinski definition) is 1. The van der Waals surface area contributed by atoms with Crippen LogP contribution in [0.15, 0.2) is 5.51 Å². The molecule has 1 heterocycles. The van der Waals surface area contributed by atoms with Gasteiger partial charge in [0.2, 0.25) is 0 Å². The van der Waals surface area contributed by atoms with Crippen molar-refractivity contribution in [3.8, 4) is 0 Å². The molecule has 0 aliphatic heterocycles. The quantitative estimate of drug-likeness (QED) is 0.878. The fourth-order valence-corrected chi connectivity index (χ4v) is 4.06. The highest BCUT2D eigenvalue weighted by atomic mass is 32.1. The monoisotopic (exact) mass is 252 g/mol. The van der Waals surface area contributed by atoms with Crippen molar-refractivity contribution in [3.63, 3.8) is 0 Å². The van der Waals surface area contributed by atoms with E-state index in [2.05, 4.69) is 31.1 Å². The minimum Gasteiger partial charge on any atom is -0.309 e. The lowest BCUT2D eigenvalue weighted by Gasteiger charge is -2.33. The Bertz CT molecular complexity index is 348. The summed E-state index contributed by atoms with van der Waals surface area (Å²) < 4.78 is 0. The Labute approximate surface area is 109 Å². The standard InChI is InChI=1S/C14H24N2S/c1-4-15-13(14-11(3)16-9-17-14)12-7-5-6-10(2)8-12/h9-10,12-13,15H,4-8H2,1-3H3. The van der Waals surface area contributed by atoms with Gasteiger partial charge in [0, 0.05) is 10.9 Å². The van der Waals surface area contributed by atoms with Gasteiger partial charge in [0.05, 0.1) is 11.2 Å². The van der Waals surface area contributed by atoms with Gasteiger partial charge in [-0.25, -0.2) is 4.98 Å². The molecule has 3 atom stereocenters. The molecule has 0 amide bonds. The van der Waals surface area contributed by atoms with Gasteiger partial charge in [-0.05, 0) is 38.1 Å². The molecule has 2 rings (SSSR count). The van der Waals surface area contributed by atoms with Crippen molar-refractivity contribution >= 4 is 11.3 Å². The van der Waals surface area contributed by atoms with Crippen LogP contribution in [-0.2, 0) is 0 Å². The summed E-state index contributed by atoms with van der Waals surface area (Å²) in [4.78, 5) is 5.88. The van der Waals surface area contributed by atoms with Gasteiger partial charge in [-0.3, -0.25) is 0 Å². The van der Waals surface area contributed by atoms with E-state index in [-0.39, 0.29) is 0 Å². The summed E-state index contributed by atoms with van der Waals surface area (Å²) in [5, 5.41) is 3.69. The average molecular weight is 252 g/mol. The van der Waals surface area contributed by atoms with Gasteiger partial charge < -0.3 is 5.32 Å². The molecule has 2 nitrogen and oxygen atoms in total. The van der Waals surface area contributed by atoms with Crippen LogP contribution in [0.1, 0.15) is 56.1 Å². The van der Waals surface area contributed by atoms with E-state index < -0.39 is 0 Å². The first-order valence-corrected chi connectivity index (χ1v) is 7.73. The molecule has 1 N–H and O–H groups in total. The second-order valence-electron chi connectivity index (χ2n) is 5.37. The Kier molecular flexibility index (Phi) is 4.57. The number of nitrogens with one attached hydrogen (secondary N) is 1. The number of aryl methyl sites for hydroxylation is 1. The second kappa shape index (κ2) is 5.96. The average Bonchev–Trinajstić information content (AvgIpc) is 2.72. The van der Waals surface area contributed by atoms with Crippen LogP contribution in [0.4, 0.5) is 0 Å². The van der Waals surface area contributed by atoms with E-state index in [1.54, 1.807) is 0 Å². The zero-order valence-electron chi connectivity index (χ0n) is 11.2. The highest BCUT2D eigenvalue weighted by Gasteiger charge is 2.29. The minimum absolute atomic E-state index is 0.537. The molecule has 1 aliphatic carbocycles. The maximum atomic E-state index is 4.41. The van der Waals surface area contributed by atoms with Crippen LogP contribution in [0.2, 0.25) is 0 Å². The summed E-state index contributed by atoms with van der Waals surface area (Å²) >= 11 is 1.82. The van der Waals surface area contributed by atoms with Crippen LogP contribution < -0.4 is 5.32 Å². The van der Waals surface area contributed by atoms with Crippen molar-refractivity contribution in [1.82, 2.24) is 10.3 Å². The molecule has 1 saturated carbocycles. The van der Waals surface area contributed by atoms with Gasteiger partial charge in [0.1, 0.15) is 0 Å². The third kappa shape index (κ3) is 3.08. The highest BCUT2D eigenvalue weighted by Crippen LogP contribution is 2.39. The van der Waals surface area contributed by atoms with Gasteiger partial charge in [0.15, 0.2) is 0 Å².